The molecule has 0 heterocycles. The number of nitrogens with zero attached hydrogens (tertiary/aromatic N) is 3. The Morgan fingerprint density at radius 1 is 1.04 bits per heavy atom. The Balaban J connectivity index is 2.42. The average molecular weight is 381 g/mol. The van der Waals surface area contributed by atoms with Crippen LogP contribution in [0.25, 0.3) is 0 Å². The molecule has 2 aromatic rings. The van der Waals surface area contributed by atoms with Gasteiger partial charge >= 0.3 is 5.69 Å². The van der Waals surface area contributed by atoms with Crippen molar-refractivity contribution in [2.24, 2.45) is 5.10 Å². The Hall–Kier alpha value is -2.97. The summed E-state index contributed by atoms with van der Waals surface area (Å²) in [7, 11) is 0. The zero-order valence-corrected chi connectivity index (χ0v) is 13.9. The van der Waals surface area contributed by atoms with Gasteiger partial charge in [0.2, 0.25) is 0 Å². The van der Waals surface area contributed by atoms with Gasteiger partial charge in [0.15, 0.2) is 0 Å². The lowest BCUT2D eigenvalue weighted by atomic mass is 10.1. The third-order valence-corrected chi connectivity index (χ3v) is 3.22. The fourth-order valence-corrected chi connectivity index (χ4v) is 2.10. The maximum Gasteiger partial charge on any atom is 0.301 e. The summed E-state index contributed by atoms with van der Waals surface area (Å²) in [5, 5.41) is 26.0. The number of halogens is 2. The van der Waals surface area contributed by atoms with Crippen LogP contribution >= 0.6 is 23.2 Å². The summed E-state index contributed by atoms with van der Waals surface area (Å²) >= 11 is 11.4. The number of hydrogen-bond acceptors (Lipinski definition) is 6. The third kappa shape index (κ3) is 5.00. The Kier molecular flexibility index (Phi) is 6.04. The predicted molar refractivity (Wildman–Crippen MR) is 96.1 cm³/mol. The van der Waals surface area contributed by atoms with Crippen molar-refractivity contribution in [2.75, 3.05) is 5.43 Å². The Bertz CT molecular complexity index is 865. The van der Waals surface area contributed by atoms with E-state index in [4.69, 9.17) is 23.2 Å². The van der Waals surface area contributed by atoms with E-state index in [0.29, 0.717) is 11.3 Å². The largest absolute Gasteiger partial charge is 0.301 e. The first-order chi connectivity index (χ1) is 11.9. The smallest absolute Gasteiger partial charge is 0.271 e. The minimum Gasteiger partial charge on any atom is -0.271 e. The molecule has 0 aliphatic heterocycles. The van der Waals surface area contributed by atoms with Crippen molar-refractivity contribution in [1.82, 2.24) is 0 Å². The first-order valence-electron chi connectivity index (χ1n) is 6.73. The minimum atomic E-state index is -0.739. The van der Waals surface area contributed by atoms with Crippen molar-refractivity contribution >= 4 is 46.0 Å². The molecule has 0 saturated heterocycles. The van der Waals surface area contributed by atoms with E-state index in [1.807, 2.05) is 6.07 Å². The van der Waals surface area contributed by atoms with Crippen molar-refractivity contribution in [3.8, 4) is 0 Å². The number of nitro benzene ring substituents is 2. The van der Waals surface area contributed by atoms with Crippen molar-refractivity contribution in [1.29, 1.82) is 0 Å². The summed E-state index contributed by atoms with van der Waals surface area (Å²) < 4.78 is -0.0531. The molecule has 0 spiro atoms. The zero-order chi connectivity index (χ0) is 18.4. The number of rotatable bonds is 6. The molecule has 0 bridgehead atoms. The fraction of sp³-hybridized carbons (Fsp3) is 0. The molecule has 8 nitrogen and oxygen atoms in total. The predicted octanol–water partition coefficient (Wildman–Crippen LogP) is 4.64. The van der Waals surface area contributed by atoms with Crippen LogP contribution in [0.1, 0.15) is 5.56 Å². The molecular formula is C15H10Cl2N4O4. The molecule has 0 fully saturated rings. The average Bonchev–Trinajstić information content (AvgIpc) is 2.58. The molecule has 0 saturated carbocycles. The number of nitro groups is 2. The molecule has 25 heavy (non-hydrogen) atoms. The summed E-state index contributed by atoms with van der Waals surface area (Å²) in [6.07, 6.45) is 1.36. The molecule has 2 aromatic carbocycles. The topological polar surface area (TPSA) is 111 Å². The van der Waals surface area contributed by atoms with Crippen molar-refractivity contribution in [3.05, 3.63) is 84.9 Å². The minimum absolute atomic E-state index is 0.0110. The van der Waals surface area contributed by atoms with E-state index in [1.165, 1.54) is 12.1 Å². The number of allylic oxidation sites excluding steroid dienone is 1. The SMILES string of the molecule is O=[N+]([O-])c1ccc(N/N=C(/C=C(Cl)Cl)c2ccccc2)c([N+](=O)[O-])c1. The molecule has 0 unspecified atom stereocenters. The van der Waals surface area contributed by atoms with Gasteiger partial charge in [0.1, 0.15) is 10.2 Å². The van der Waals surface area contributed by atoms with E-state index in [0.717, 1.165) is 12.1 Å². The lowest BCUT2D eigenvalue weighted by Gasteiger charge is -2.05. The van der Waals surface area contributed by atoms with E-state index in [1.54, 1.807) is 24.3 Å². The van der Waals surface area contributed by atoms with Crippen LogP contribution in [0.2, 0.25) is 0 Å². The molecule has 0 aliphatic carbocycles. The van der Waals surface area contributed by atoms with E-state index < -0.39 is 21.2 Å². The second kappa shape index (κ2) is 8.22. The molecule has 0 aliphatic rings. The molecular weight excluding hydrogens is 371 g/mol. The van der Waals surface area contributed by atoms with Gasteiger partial charge in [-0.05, 0) is 12.1 Å². The van der Waals surface area contributed by atoms with Gasteiger partial charge in [0.25, 0.3) is 5.69 Å². The van der Waals surface area contributed by atoms with Crippen LogP contribution in [0.3, 0.4) is 0 Å². The number of non-ortho nitro benzene ring substituents is 1. The highest BCUT2D eigenvalue weighted by atomic mass is 35.5. The molecule has 0 aromatic heterocycles. The first kappa shape index (κ1) is 18.4. The van der Waals surface area contributed by atoms with Crippen LogP contribution in [0, 0.1) is 20.2 Å². The Morgan fingerprint density at radius 2 is 1.72 bits per heavy atom. The number of anilines is 1. The van der Waals surface area contributed by atoms with Crippen molar-refractivity contribution in [2.45, 2.75) is 0 Å². The monoisotopic (exact) mass is 380 g/mol. The van der Waals surface area contributed by atoms with Gasteiger partial charge in [-0.25, -0.2) is 0 Å². The van der Waals surface area contributed by atoms with E-state index in [2.05, 4.69) is 10.5 Å². The summed E-state index contributed by atoms with van der Waals surface area (Å²) in [5.41, 5.74) is 2.63. The van der Waals surface area contributed by atoms with Gasteiger partial charge in [0, 0.05) is 11.6 Å². The molecule has 0 radical (unpaired) electrons. The van der Waals surface area contributed by atoms with Gasteiger partial charge < -0.3 is 0 Å². The number of nitrogens with one attached hydrogen (secondary N) is 1. The van der Waals surface area contributed by atoms with Gasteiger partial charge in [-0.2, -0.15) is 5.10 Å². The maximum atomic E-state index is 11.1. The second-order valence-corrected chi connectivity index (χ2v) is 5.63. The summed E-state index contributed by atoms with van der Waals surface area (Å²) in [5.74, 6) is 0. The molecule has 0 amide bonds. The first-order valence-corrected chi connectivity index (χ1v) is 7.48. The van der Waals surface area contributed by atoms with Crippen LogP contribution in [-0.4, -0.2) is 15.6 Å². The standard InChI is InChI=1S/C15H10Cl2N4O4/c16-15(17)9-13(10-4-2-1-3-5-10)19-18-12-7-6-11(20(22)23)8-14(12)21(24)25/h1-9,18H/b19-13-. The Labute approximate surface area is 151 Å². The highest BCUT2D eigenvalue weighted by Gasteiger charge is 2.19. The van der Waals surface area contributed by atoms with Crippen LogP contribution in [0.5, 0.6) is 0 Å². The Morgan fingerprint density at radius 3 is 2.28 bits per heavy atom. The fourth-order valence-electron chi connectivity index (χ4n) is 1.89. The zero-order valence-electron chi connectivity index (χ0n) is 12.4. The van der Waals surface area contributed by atoms with E-state index in [-0.39, 0.29) is 10.2 Å². The van der Waals surface area contributed by atoms with Crippen LogP contribution in [0.4, 0.5) is 17.1 Å². The van der Waals surface area contributed by atoms with Crippen molar-refractivity contribution < 1.29 is 9.85 Å². The number of benzene rings is 2. The molecule has 1 N–H and O–H groups in total. The van der Waals surface area contributed by atoms with Crippen molar-refractivity contribution in [3.63, 3.8) is 0 Å². The van der Waals surface area contributed by atoms with Gasteiger partial charge in [-0.1, -0.05) is 53.5 Å². The number of hydrogen-bond donors (Lipinski definition) is 1. The van der Waals surface area contributed by atoms with Gasteiger partial charge in [0.05, 0.1) is 21.6 Å². The lowest BCUT2D eigenvalue weighted by Crippen LogP contribution is -2.03. The molecule has 0 atom stereocenters. The molecule has 2 rings (SSSR count). The maximum absolute atomic E-state index is 11.1. The van der Waals surface area contributed by atoms with E-state index >= 15 is 0 Å². The van der Waals surface area contributed by atoms with Crippen LogP contribution in [-0.2, 0) is 0 Å². The lowest BCUT2D eigenvalue weighted by molar-refractivity contribution is -0.393. The molecule has 10 heteroatoms. The number of hydrazone groups is 1. The normalized spacial score (nSPS) is 10.9. The van der Waals surface area contributed by atoms with Crippen LogP contribution in [0.15, 0.2) is 64.2 Å². The van der Waals surface area contributed by atoms with E-state index in [9.17, 15) is 20.2 Å². The quantitative estimate of drug-likeness (QED) is 0.445. The van der Waals surface area contributed by atoms with Crippen LogP contribution < -0.4 is 5.43 Å². The highest BCUT2D eigenvalue weighted by Crippen LogP contribution is 2.29. The second-order valence-electron chi connectivity index (χ2n) is 4.62. The van der Waals surface area contributed by atoms with Gasteiger partial charge in [-0.3, -0.25) is 25.7 Å². The molecule has 128 valence electrons. The summed E-state index contributed by atoms with van der Waals surface area (Å²) in [6, 6.07) is 12.0. The highest BCUT2D eigenvalue weighted by molar-refractivity contribution is 6.57. The third-order valence-electron chi connectivity index (χ3n) is 3.00. The summed E-state index contributed by atoms with van der Waals surface area (Å²) in [4.78, 5) is 20.4. The summed E-state index contributed by atoms with van der Waals surface area (Å²) in [6.45, 7) is 0. The van der Waals surface area contributed by atoms with Gasteiger partial charge in [-0.15, -0.1) is 0 Å².